The van der Waals surface area contributed by atoms with Crippen LogP contribution < -0.4 is 5.11 Å². The molecule has 0 aromatic heterocycles. The third-order valence-electron chi connectivity index (χ3n) is 2.41. The molecule has 0 spiro atoms. The molecule has 0 saturated carbocycles. The van der Waals surface area contributed by atoms with Gasteiger partial charge in [0, 0.05) is 0 Å². The molecule has 0 saturated heterocycles. The van der Waals surface area contributed by atoms with Crippen LogP contribution >= 0.6 is 0 Å². The molecule has 86 valence electrons. The van der Waals surface area contributed by atoms with Crippen molar-refractivity contribution in [3.63, 3.8) is 0 Å². The van der Waals surface area contributed by atoms with E-state index < -0.39 is 11.7 Å². The molecule has 2 aromatic rings. The highest BCUT2D eigenvalue weighted by Crippen LogP contribution is 2.26. The molecule has 4 heteroatoms. The maximum absolute atomic E-state index is 11.5. The van der Waals surface area contributed by atoms with E-state index in [1.807, 2.05) is 0 Å². The molecule has 2 N–H and O–H groups in total. The first-order valence-corrected chi connectivity index (χ1v) is 4.91. The van der Waals surface area contributed by atoms with Gasteiger partial charge in [-0.25, -0.2) is 4.79 Å². The number of phenolic OH excluding ortho intramolecular Hbond substituents is 1. The Morgan fingerprint density at radius 3 is 2.12 bits per heavy atom. The van der Waals surface area contributed by atoms with Crippen molar-refractivity contribution in [2.75, 3.05) is 0 Å². The highest BCUT2D eigenvalue weighted by atomic mass is 16.4. The van der Waals surface area contributed by atoms with Crippen LogP contribution in [0, 0.1) is 0 Å². The Labute approximate surface area is 97.4 Å². The Bertz CT molecular complexity index is 558. The van der Waals surface area contributed by atoms with Gasteiger partial charge < -0.3 is 15.3 Å². The monoisotopic (exact) mass is 229 g/mol. The lowest BCUT2D eigenvalue weighted by molar-refractivity contribution is -0.268. The quantitative estimate of drug-likeness (QED) is 0.823. The summed E-state index contributed by atoms with van der Waals surface area (Å²) in [5.41, 5.74) is 1.13. The van der Waals surface area contributed by atoms with Crippen molar-refractivity contribution in [3.8, 4) is 22.6 Å². The predicted molar refractivity (Wildman–Crippen MR) is 59.9 cm³/mol. The van der Waals surface area contributed by atoms with Crippen LogP contribution in [0.15, 0.2) is 42.5 Å². The van der Waals surface area contributed by atoms with Crippen LogP contribution in [-0.4, -0.2) is 16.2 Å². The first-order valence-electron chi connectivity index (χ1n) is 4.91. The first-order chi connectivity index (χ1) is 8.08. The third kappa shape index (κ3) is 2.20. The summed E-state index contributed by atoms with van der Waals surface area (Å²) in [6, 6.07) is 10.4. The van der Waals surface area contributed by atoms with Crippen molar-refractivity contribution >= 4 is 5.97 Å². The fraction of sp³-hybridized carbons (Fsp3) is 0. The molecular formula is C13H9O4-. The molecule has 0 unspecified atom stereocenters. The second-order valence-electron chi connectivity index (χ2n) is 3.56. The average molecular weight is 229 g/mol. The van der Waals surface area contributed by atoms with Gasteiger partial charge in [-0.05, 0) is 29.3 Å². The second-order valence-corrected chi connectivity index (χ2v) is 3.56. The molecule has 0 fully saturated rings. The van der Waals surface area contributed by atoms with Crippen LogP contribution in [0.5, 0.6) is 11.5 Å². The van der Waals surface area contributed by atoms with Crippen LogP contribution in [0.25, 0.3) is 11.1 Å². The van der Waals surface area contributed by atoms with Gasteiger partial charge in [0.15, 0.2) is 0 Å². The Kier molecular flexibility index (Phi) is 2.70. The molecular weight excluding hydrogens is 220 g/mol. The minimum atomic E-state index is -1.23. The van der Waals surface area contributed by atoms with Crippen molar-refractivity contribution < 1.29 is 20.1 Å². The summed E-state index contributed by atoms with van der Waals surface area (Å²) in [7, 11) is 0. The number of aromatic hydroxyl groups is 1. The van der Waals surface area contributed by atoms with Crippen molar-refractivity contribution in [1.82, 2.24) is 0 Å². The molecule has 0 bridgehead atoms. The highest BCUT2D eigenvalue weighted by molar-refractivity contribution is 5.91. The molecule has 2 aromatic carbocycles. The van der Waals surface area contributed by atoms with Gasteiger partial charge in [0.05, 0.1) is 5.56 Å². The Balaban J connectivity index is 2.44. The van der Waals surface area contributed by atoms with Crippen LogP contribution in [-0.2, 0) is 0 Å². The number of benzene rings is 2. The number of carbonyl (C=O) groups is 1. The summed E-state index contributed by atoms with van der Waals surface area (Å²) in [6.07, 6.45) is 0. The average Bonchev–Trinajstić information content (AvgIpc) is 2.29. The largest absolute Gasteiger partial charge is 0.872 e. The maximum atomic E-state index is 11.5. The summed E-state index contributed by atoms with van der Waals surface area (Å²) in [6.45, 7) is 0. The number of carboxylic acid groups (broad SMARTS) is 1. The second kappa shape index (κ2) is 4.17. The minimum absolute atomic E-state index is 0.137. The third-order valence-corrected chi connectivity index (χ3v) is 2.41. The van der Waals surface area contributed by atoms with E-state index in [2.05, 4.69) is 0 Å². The van der Waals surface area contributed by atoms with Gasteiger partial charge in [-0.2, -0.15) is 0 Å². The first kappa shape index (κ1) is 11.0. The summed E-state index contributed by atoms with van der Waals surface area (Å²) in [4.78, 5) is 10.7. The van der Waals surface area contributed by atoms with E-state index in [0.717, 1.165) is 5.56 Å². The standard InChI is InChI=1S/C13H10O4/c14-10-4-1-8(2-5-10)9-3-6-11(13(16)17)12(15)7-9/h1-7,14-15H,(H,16,17)/p-1. The van der Waals surface area contributed by atoms with Crippen molar-refractivity contribution in [3.05, 3.63) is 48.0 Å². The van der Waals surface area contributed by atoms with Crippen molar-refractivity contribution in [2.24, 2.45) is 0 Å². The van der Waals surface area contributed by atoms with Gasteiger partial charge in [0.2, 0.25) is 0 Å². The fourth-order valence-electron chi connectivity index (χ4n) is 1.53. The zero-order chi connectivity index (χ0) is 12.4. The zero-order valence-electron chi connectivity index (χ0n) is 8.75. The van der Waals surface area contributed by atoms with Gasteiger partial charge in [-0.3, -0.25) is 0 Å². The van der Waals surface area contributed by atoms with Gasteiger partial charge in [-0.1, -0.05) is 30.0 Å². The number of carboxylic acids is 1. The summed E-state index contributed by atoms with van der Waals surface area (Å²) in [5.74, 6) is -1.62. The number of phenols is 1. The number of aromatic carboxylic acids is 1. The molecule has 0 aliphatic rings. The van der Waals surface area contributed by atoms with Gasteiger partial charge in [-0.15, -0.1) is 0 Å². The molecule has 17 heavy (non-hydrogen) atoms. The smallest absolute Gasteiger partial charge is 0.335 e. The summed E-state index contributed by atoms with van der Waals surface area (Å²) < 4.78 is 0. The Hall–Kier alpha value is -2.49. The number of hydrogen-bond acceptors (Lipinski definition) is 3. The van der Waals surface area contributed by atoms with E-state index in [1.165, 1.54) is 24.3 Å². The Morgan fingerprint density at radius 2 is 1.59 bits per heavy atom. The van der Waals surface area contributed by atoms with E-state index in [9.17, 15) is 9.90 Å². The van der Waals surface area contributed by atoms with Crippen LogP contribution in [0.1, 0.15) is 10.4 Å². The van der Waals surface area contributed by atoms with E-state index in [0.29, 0.717) is 5.56 Å². The molecule has 2 rings (SSSR count). The van der Waals surface area contributed by atoms with Gasteiger partial charge in [0.1, 0.15) is 5.75 Å². The topological polar surface area (TPSA) is 80.6 Å². The van der Waals surface area contributed by atoms with E-state index in [4.69, 9.17) is 10.2 Å². The van der Waals surface area contributed by atoms with Crippen LogP contribution in [0.3, 0.4) is 0 Å². The number of rotatable bonds is 2. The zero-order valence-corrected chi connectivity index (χ0v) is 8.75. The molecule has 0 atom stereocenters. The van der Waals surface area contributed by atoms with E-state index in [-0.39, 0.29) is 11.3 Å². The van der Waals surface area contributed by atoms with E-state index >= 15 is 0 Å². The minimum Gasteiger partial charge on any atom is -0.872 e. The fourth-order valence-corrected chi connectivity index (χ4v) is 1.53. The maximum Gasteiger partial charge on any atom is 0.335 e. The lowest BCUT2D eigenvalue weighted by Gasteiger charge is -2.12. The van der Waals surface area contributed by atoms with E-state index in [1.54, 1.807) is 18.2 Å². The predicted octanol–water partition coefficient (Wildman–Crippen LogP) is 1.83. The summed E-state index contributed by atoms with van der Waals surface area (Å²) in [5, 5.41) is 29.4. The molecule has 0 radical (unpaired) electrons. The highest BCUT2D eigenvalue weighted by Gasteiger charge is 2.05. The SMILES string of the molecule is O=C(O)c1ccc(-c2ccc(O)cc2)cc1[O-]. The molecule has 0 heterocycles. The normalized spacial score (nSPS) is 10.1. The van der Waals surface area contributed by atoms with Gasteiger partial charge in [0.25, 0.3) is 0 Å². The van der Waals surface area contributed by atoms with Crippen molar-refractivity contribution in [2.45, 2.75) is 0 Å². The summed E-state index contributed by atoms with van der Waals surface area (Å²) >= 11 is 0. The molecule has 0 aliphatic heterocycles. The van der Waals surface area contributed by atoms with Crippen molar-refractivity contribution in [1.29, 1.82) is 0 Å². The number of hydrogen-bond donors (Lipinski definition) is 2. The molecule has 4 nitrogen and oxygen atoms in total. The lowest BCUT2D eigenvalue weighted by atomic mass is 10.0. The lowest BCUT2D eigenvalue weighted by Crippen LogP contribution is -2.03. The molecule has 0 aliphatic carbocycles. The van der Waals surface area contributed by atoms with Crippen LogP contribution in [0.4, 0.5) is 0 Å². The van der Waals surface area contributed by atoms with Crippen LogP contribution in [0.2, 0.25) is 0 Å². The Morgan fingerprint density at radius 1 is 1.00 bits per heavy atom. The van der Waals surface area contributed by atoms with Gasteiger partial charge >= 0.3 is 5.97 Å². The molecule has 0 amide bonds.